The highest BCUT2D eigenvalue weighted by atomic mass is 32.1. The lowest BCUT2D eigenvalue weighted by Crippen LogP contribution is -2.28. The number of benzene rings is 5. The molecule has 1 heterocycles. The highest BCUT2D eigenvalue weighted by Gasteiger charge is 2.35. The number of rotatable bonds is 7. The number of hydrogen-bond donors (Lipinski definition) is 0. The second kappa shape index (κ2) is 13.5. The van der Waals surface area contributed by atoms with Gasteiger partial charge >= 0.3 is 0 Å². The molecule has 45 heavy (non-hydrogen) atoms. The van der Waals surface area contributed by atoms with Gasteiger partial charge in [0.25, 0.3) is 0 Å². The van der Waals surface area contributed by atoms with Gasteiger partial charge in [-0.15, -0.1) is 11.3 Å². The molecule has 0 N–H and O–H groups in total. The first kappa shape index (κ1) is 29.6. The summed E-state index contributed by atoms with van der Waals surface area (Å²) in [6.07, 6.45) is 14.2. The maximum atomic E-state index is 2.58. The van der Waals surface area contributed by atoms with Crippen molar-refractivity contribution >= 4 is 68.6 Å². The average Bonchev–Trinajstić information content (AvgIpc) is 3.50. The molecule has 0 radical (unpaired) electrons. The topological polar surface area (TPSA) is 0 Å². The van der Waals surface area contributed by atoms with Crippen molar-refractivity contribution in [1.82, 2.24) is 0 Å². The smallest absolute Gasteiger partial charge is 0.0459 e. The average molecular weight is 641 g/mol. The van der Waals surface area contributed by atoms with Crippen LogP contribution < -0.4 is 20.5 Å². The summed E-state index contributed by atoms with van der Waals surface area (Å²) < 4.78 is 2.98. The van der Waals surface area contributed by atoms with E-state index in [1.807, 2.05) is 0 Å². The molecule has 0 nitrogen and oxygen atoms in total. The zero-order valence-corrected chi connectivity index (χ0v) is 28.7. The van der Waals surface area contributed by atoms with E-state index in [2.05, 4.69) is 133 Å². The fraction of sp³-hybridized carbons (Fsp3) is 0.286. The third kappa shape index (κ3) is 5.82. The van der Waals surface area contributed by atoms with E-state index in [0.717, 1.165) is 11.3 Å². The summed E-state index contributed by atoms with van der Waals surface area (Å²) in [5.41, 5.74) is 4.80. The molecule has 6 aromatic rings. The second-order valence-electron chi connectivity index (χ2n) is 13.0. The molecule has 0 unspecified atom stereocenters. The van der Waals surface area contributed by atoms with Crippen LogP contribution in [0.2, 0.25) is 0 Å². The summed E-state index contributed by atoms with van der Waals surface area (Å²) in [4.78, 5) is 0. The fourth-order valence-corrected chi connectivity index (χ4v) is 16.5. The summed E-state index contributed by atoms with van der Waals surface area (Å²) in [6.45, 7) is 0. The van der Waals surface area contributed by atoms with Gasteiger partial charge in [0, 0.05) is 20.3 Å². The maximum Gasteiger partial charge on any atom is 0.0459 e. The standard InChI is InChI=1S/C42H42P2S/c1-5-18-32(19-6-1)43(33-20-7-2-8-21-33)38-28-16-15-27-37(38)41-40-36-26-14-13-17-31(36)29-30-39(40)45-42(41)44(34-22-9-3-10-23-34)35-24-11-4-12-25-35/h3-4,9-17,22-30,32-33H,1-2,5-8,18-21H2. The molecule has 2 fully saturated rings. The largest absolute Gasteiger partial charge is 0.134 e. The van der Waals surface area contributed by atoms with Crippen molar-refractivity contribution in [2.24, 2.45) is 0 Å². The molecule has 0 aliphatic heterocycles. The lowest BCUT2D eigenvalue weighted by molar-refractivity contribution is 0.487. The van der Waals surface area contributed by atoms with Crippen molar-refractivity contribution in [2.75, 3.05) is 0 Å². The summed E-state index contributed by atoms with van der Waals surface area (Å²) >= 11 is 2.06. The highest BCUT2D eigenvalue weighted by Crippen LogP contribution is 2.57. The van der Waals surface area contributed by atoms with Gasteiger partial charge in [-0.1, -0.05) is 162 Å². The van der Waals surface area contributed by atoms with Gasteiger partial charge in [-0.05, 0) is 83.2 Å². The van der Waals surface area contributed by atoms with Crippen LogP contribution in [0.25, 0.3) is 32.0 Å². The van der Waals surface area contributed by atoms with Crippen molar-refractivity contribution in [1.29, 1.82) is 0 Å². The van der Waals surface area contributed by atoms with Gasteiger partial charge in [0.2, 0.25) is 0 Å². The van der Waals surface area contributed by atoms with Gasteiger partial charge in [0.15, 0.2) is 0 Å². The third-order valence-corrected chi connectivity index (χ3v) is 17.8. The predicted octanol–water partition coefficient (Wildman–Crippen LogP) is 11.3. The summed E-state index contributed by atoms with van der Waals surface area (Å²) in [5, 5.41) is 8.81. The first-order chi connectivity index (χ1) is 22.4. The first-order valence-corrected chi connectivity index (χ1v) is 20.7. The van der Waals surface area contributed by atoms with Crippen LogP contribution in [-0.4, -0.2) is 11.3 Å². The Labute approximate surface area is 275 Å². The Morgan fingerprint density at radius 1 is 0.511 bits per heavy atom. The molecule has 5 aromatic carbocycles. The lowest BCUT2D eigenvalue weighted by Gasteiger charge is -2.39. The number of thiophene rings is 1. The molecule has 0 spiro atoms. The van der Waals surface area contributed by atoms with Crippen molar-refractivity contribution < 1.29 is 0 Å². The Bertz CT molecular complexity index is 1820. The van der Waals surface area contributed by atoms with Crippen LogP contribution in [0.1, 0.15) is 64.2 Å². The molecule has 3 heteroatoms. The quantitative estimate of drug-likeness (QED) is 0.152. The minimum atomic E-state index is -0.727. The minimum absolute atomic E-state index is 0.245. The van der Waals surface area contributed by atoms with E-state index >= 15 is 0 Å². The maximum absolute atomic E-state index is 2.58. The Balaban J connectivity index is 1.43. The molecular formula is C42H42P2S. The Kier molecular flexibility index (Phi) is 8.87. The molecule has 226 valence electrons. The van der Waals surface area contributed by atoms with E-state index in [-0.39, 0.29) is 7.92 Å². The zero-order chi connectivity index (χ0) is 30.0. The molecule has 0 atom stereocenters. The van der Waals surface area contributed by atoms with Crippen LogP contribution in [0, 0.1) is 0 Å². The third-order valence-electron chi connectivity index (χ3n) is 10.2. The fourth-order valence-electron chi connectivity index (χ4n) is 8.12. The monoisotopic (exact) mass is 640 g/mol. The van der Waals surface area contributed by atoms with Crippen LogP contribution >= 0.6 is 27.2 Å². The lowest BCUT2D eigenvalue weighted by atomic mass is 9.99. The Morgan fingerprint density at radius 2 is 1.07 bits per heavy atom. The molecule has 0 saturated heterocycles. The van der Waals surface area contributed by atoms with E-state index in [0.29, 0.717) is 0 Å². The number of hydrogen-bond acceptors (Lipinski definition) is 1. The number of fused-ring (bicyclic) bond motifs is 3. The highest BCUT2D eigenvalue weighted by molar-refractivity contribution is 7.84. The van der Waals surface area contributed by atoms with Gasteiger partial charge in [-0.25, -0.2) is 0 Å². The van der Waals surface area contributed by atoms with Crippen molar-refractivity contribution in [3.63, 3.8) is 0 Å². The van der Waals surface area contributed by atoms with Crippen molar-refractivity contribution in [3.8, 4) is 11.1 Å². The van der Waals surface area contributed by atoms with E-state index in [4.69, 9.17) is 0 Å². The van der Waals surface area contributed by atoms with Gasteiger partial charge in [0.1, 0.15) is 0 Å². The summed E-state index contributed by atoms with van der Waals surface area (Å²) in [7, 11) is -0.972. The predicted molar refractivity (Wildman–Crippen MR) is 204 cm³/mol. The molecular weight excluding hydrogens is 598 g/mol. The van der Waals surface area contributed by atoms with Gasteiger partial charge < -0.3 is 0 Å². The Hall–Kier alpha value is -2.82. The SMILES string of the molecule is c1ccc(P(c2ccccc2)c2sc3ccc4ccccc4c3c2-c2ccccc2P(C2CCCCC2)C2CCCCC2)cc1. The van der Waals surface area contributed by atoms with Crippen LogP contribution in [0.15, 0.2) is 121 Å². The first-order valence-electron chi connectivity index (χ1n) is 17.1. The zero-order valence-electron chi connectivity index (χ0n) is 26.1. The Morgan fingerprint density at radius 3 is 1.71 bits per heavy atom. The van der Waals surface area contributed by atoms with Gasteiger partial charge in [0.05, 0.1) is 0 Å². The van der Waals surface area contributed by atoms with Crippen LogP contribution in [-0.2, 0) is 0 Å². The molecule has 2 aliphatic carbocycles. The summed E-state index contributed by atoms with van der Waals surface area (Å²) in [6, 6.07) is 46.4. The van der Waals surface area contributed by atoms with Crippen LogP contribution in [0.3, 0.4) is 0 Å². The van der Waals surface area contributed by atoms with Gasteiger partial charge in [-0.3, -0.25) is 0 Å². The normalized spacial score (nSPS) is 16.7. The van der Waals surface area contributed by atoms with Crippen LogP contribution in [0.4, 0.5) is 0 Å². The second-order valence-corrected chi connectivity index (χ2v) is 19.2. The minimum Gasteiger partial charge on any atom is -0.134 e. The molecule has 2 saturated carbocycles. The molecule has 2 aliphatic rings. The van der Waals surface area contributed by atoms with Crippen molar-refractivity contribution in [3.05, 3.63) is 121 Å². The van der Waals surface area contributed by atoms with Crippen molar-refractivity contribution in [2.45, 2.75) is 75.5 Å². The van der Waals surface area contributed by atoms with E-state index in [9.17, 15) is 0 Å². The molecule has 1 aromatic heterocycles. The molecule has 8 rings (SSSR count). The summed E-state index contributed by atoms with van der Waals surface area (Å²) in [5.74, 6) is 0. The molecule has 0 amide bonds. The van der Waals surface area contributed by atoms with E-state index in [1.54, 1.807) is 9.92 Å². The van der Waals surface area contributed by atoms with E-state index in [1.165, 1.54) is 107 Å². The van der Waals surface area contributed by atoms with Gasteiger partial charge in [-0.2, -0.15) is 0 Å². The van der Waals surface area contributed by atoms with E-state index < -0.39 is 7.92 Å². The molecule has 0 bridgehead atoms. The van der Waals surface area contributed by atoms with Crippen LogP contribution in [0.5, 0.6) is 0 Å².